The van der Waals surface area contributed by atoms with Crippen molar-refractivity contribution in [3.8, 4) is 11.5 Å². The highest BCUT2D eigenvalue weighted by atomic mass is 79.9. The summed E-state index contributed by atoms with van der Waals surface area (Å²) < 4.78 is 15.3. The van der Waals surface area contributed by atoms with Crippen molar-refractivity contribution in [1.82, 2.24) is 9.66 Å². The summed E-state index contributed by atoms with van der Waals surface area (Å²) in [6, 6.07) is 7.32. The van der Waals surface area contributed by atoms with Crippen LogP contribution in [-0.2, 0) is 0 Å². The molecule has 0 radical (unpaired) electrons. The van der Waals surface area contributed by atoms with Gasteiger partial charge in [0, 0.05) is 20.4 Å². The first kappa shape index (κ1) is 25.9. The zero-order valence-corrected chi connectivity index (χ0v) is 23.9. The fourth-order valence-electron chi connectivity index (χ4n) is 3.14. The summed E-state index contributed by atoms with van der Waals surface area (Å²) in [5.41, 5.74) is 1.17. The first-order valence-corrected chi connectivity index (χ1v) is 13.1. The van der Waals surface area contributed by atoms with Gasteiger partial charge >= 0.3 is 0 Å². The second-order valence-corrected chi connectivity index (χ2v) is 10.3. The molecule has 0 saturated heterocycles. The Bertz CT molecular complexity index is 1260. The molecule has 6 nitrogen and oxygen atoms in total. The van der Waals surface area contributed by atoms with Gasteiger partial charge in [-0.3, -0.25) is 4.79 Å². The van der Waals surface area contributed by atoms with Gasteiger partial charge in [-0.25, -0.2) is 4.98 Å². The lowest BCUT2D eigenvalue weighted by atomic mass is 10.1. The van der Waals surface area contributed by atoms with E-state index in [0.717, 1.165) is 31.8 Å². The van der Waals surface area contributed by atoms with Crippen LogP contribution >= 0.6 is 47.8 Å². The molecule has 33 heavy (non-hydrogen) atoms. The van der Waals surface area contributed by atoms with Crippen LogP contribution in [0.2, 0.25) is 0 Å². The monoisotopic (exact) mass is 641 g/mol. The minimum absolute atomic E-state index is 0.0290. The van der Waals surface area contributed by atoms with Crippen LogP contribution in [0.15, 0.2) is 47.6 Å². The Morgan fingerprint density at radius 3 is 2.48 bits per heavy atom. The van der Waals surface area contributed by atoms with Gasteiger partial charge in [0.05, 0.1) is 34.8 Å². The molecular weight excluding hydrogens is 618 g/mol. The van der Waals surface area contributed by atoms with E-state index in [9.17, 15) is 4.79 Å². The van der Waals surface area contributed by atoms with Crippen molar-refractivity contribution in [3.63, 3.8) is 0 Å². The van der Waals surface area contributed by atoms with E-state index in [-0.39, 0.29) is 17.6 Å². The Hall–Kier alpha value is -1.71. The molecule has 0 unspecified atom stereocenters. The van der Waals surface area contributed by atoms with Crippen molar-refractivity contribution in [2.45, 2.75) is 52.6 Å². The maximum absolute atomic E-state index is 13.3. The van der Waals surface area contributed by atoms with Crippen LogP contribution in [0.3, 0.4) is 0 Å². The zero-order valence-electron chi connectivity index (χ0n) is 19.2. The third kappa shape index (κ3) is 5.52. The van der Waals surface area contributed by atoms with E-state index >= 15 is 0 Å². The van der Waals surface area contributed by atoms with E-state index in [1.54, 1.807) is 19.4 Å². The Morgan fingerprint density at radius 1 is 1.12 bits per heavy atom. The third-order valence-electron chi connectivity index (χ3n) is 5.47. The van der Waals surface area contributed by atoms with E-state index in [2.05, 4.69) is 66.7 Å². The summed E-state index contributed by atoms with van der Waals surface area (Å²) in [6.45, 7) is 8.16. The molecule has 0 N–H and O–H groups in total. The van der Waals surface area contributed by atoms with Crippen LogP contribution < -0.4 is 15.0 Å². The summed E-state index contributed by atoms with van der Waals surface area (Å²) in [5, 5.41) is 5.07. The number of methoxy groups -OCH3 is 1. The lowest BCUT2D eigenvalue weighted by Gasteiger charge is -2.19. The molecule has 1 aromatic heterocycles. The van der Waals surface area contributed by atoms with E-state index in [4.69, 9.17) is 14.5 Å². The molecule has 0 spiro atoms. The second kappa shape index (κ2) is 11.1. The molecule has 9 heteroatoms. The molecule has 0 bridgehead atoms. The predicted molar refractivity (Wildman–Crippen MR) is 144 cm³/mol. The number of hydrogen-bond acceptors (Lipinski definition) is 5. The molecule has 2 aromatic carbocycles. The van der Waals surface area contributed by atoms with Gasteiger partial charge in [0.15, 0.2) is 11.5 Å². The van der Waals surface area contributed by atoms with Gasteiger partial charge < -0.3 is 9.47 Å². The van der Waals surface area contributed by atoms with Crippen LogP contribution in [-0.4, -0.2) is 29.1 Å². The Kier molecular flexibility index (Phi) is 8.75. The van der Waals surface area contributed by atoms with E-state index in [0.29, 0.717) is 28.2 Å². The molecule has 1 heterocycles. The smallest absolute Gasteiger partial charge is 0.282 e. The lowest BCUT2D eigenvalue weighted by molar-refractivity contribution is 0.206. The van der Waals surface area contributed by atoms with Crippen molar-refractivity contribution in [2.75, 3.05) is 7.11 Å². The third-order valence-corrected chi connectivity index (χ3v) is 8.10. The second-order valence-electron chi connectivity index (χ2n) is 7.76. The molecule has 0 aliphatic rings. The molecule has 2 atom stereocenters. The highest BCUT2D eigenvalue weighted by Gasteiger charge is 2.19. The minimum Gasteiger partial charge on any atom is -0.493 e. The Labute approximate surface area is 218 Å². The highest BCUT2D eigenvalue weighted by molar-refractivity contribution is 9.13. The fourth-order valence-corrected chi connectivity index (χ4v) is 4.42. The average Bonchev–Trinajstić information content (AvgIpc) is 2.81. The van der Waals surface area contributed by atoms with Gasteiger partial charge in [-0.1, -0.05) is 36.7 Å². The molecule has 0 amide bonds. The zero-order chi connectivity index (χ0) is 24.3. The number of fused-ring (bicyclic) bond motifs is 1. The van der Waals surface area contributed by atoms with Gasteiger partial charge in [-0.15, -0.1) is 0 Å². The van der Waals surface area contributed by atoms with Crippen molar-refractivity contribution in [1.29, 1.82) is 0 Å². The van der Waals surface area contributed by atoms with Gasteiger partial charge in [0.25, 0.3) is 5.56 Å². The SMILES string of the molecule is CC[C@H](C)Oc1c(OC)cc(C=Nn2c([C@@H](C)CC)nc3ccc(Br)cc3c2=O)c(Br)c1Br. The Morgan fingerprint density at radius 2 is 1.85 bits per heavy atom. The molecule has 3 rings (SSSR count). The molecule has 0 saturated carbocycles. The number of benzene rings is 2. The molecule has 0 fully saturated rings. The van der Waals surface area contributed by atoms with E-state index in [1.165, 1.54) is 4.68 Å². The number of halogens is 3. The summed E-state index contributed by atoms with van der Waals surface area (Å²) in [6.07, 6.45) is 3.35. The van der Waals surface area contributed by atoms with Gasteiger partial charge in [0.2, 0.25) is 0 Å². The number of ether oxygens (including phenoxy) is 2. The van der Waals surface area contributed by atoms with Crippen molar-refractivity contribution >= 4 is 64.9 Å². The molecule has 0 aliphatic heterocycles. The maximum atomic E-state index is 13.3. The molecule has 0 aliphatic carbocycles. The standard InChI is InChI=1S/C24H26Br3N3O3/c1-6-13(3)23-29-18-9-8-16(25)11-17(18)24(31)30(23)28-12-15-10-19(32-5)22(21(27)20(15)26)33-14(4)7-2/h8-14H,6-7H2,1-5H3/t13-,14-/m0/s1. The first-order chi connectivity index (χ1) is 15.7. The number of rotatable bonds is 8. The van der Waals surface area contributed by atoms with Gasteiger partial charge in [0.1, 0.15) is 5.82 Å². The van der Waals surface area contributed by atoms with Crippen LogP contribution in [0.4, 0.5) is 0 Å². The number of aromatic nitrogens is 2. The lowest BCUT2D eigenvalue weighted by Crippen LogP contribution is -2.23. The largest absolute Gasteiger partial charge is 0.493 e. The number of nitrogens with zero attached hydrogens (tertiary/aromatic N) is 3. The van der Waals surface area contributed by atoms with Crippen molar-refractivity contribution < 1.29 is 9.47 Å². The molecule has 176 valence electrons. The normalized spacial score (nSPS) is 13.5. The van der Waals surface area contributed by atoms with E-state index < -0.39 is 0 Å². The van der Waals surface area contributed by atoms with Crippen LogP contribution in [0.25, 0.3) is 10.9 Å². The maximum Gasteiger partial charge on any atom is 0.282 e. The van der Waals surface area contributed by atoms with Crippen LogP contribution in [0.5, 0.6) is 11.5 Å². The summed E-state index contributed by atoms with van der Waals surface area (Å²) >= 11 is 10.7. The summed E-state index contributed by atoms with van der Waals surface area (Å²) in [7, 11) is 1.59. The number of hydrogen-bond donors (Lipinski definition) is 0. The first-order valence-electron chi connectivity index (χ1n) is 10.7. The molecular formula is C24H26Br3N3O3. The molecule has 3 aromatic rings. The summed E-state index contributed by atoms with van der Waals surface area (Å²) in [4.78, 5) is 18.1. The van der Waals surface area contributed by atoms with E-state index in [1.807, 2.05) is 32.0 Å². The topological polar surface area (TPSA) is 65.7 Å². The predicted octanol–water partition coefficient (Wildman–Crippen LogP) is 7.27. The summed E-state index contributed by atoms with van der Waals surface area (Å²) in [5.74, 6) is 1.86. The van der Waals surface area contributed by atoms with Crippen molar-refractivity contribution in [2.24, 2.45) is 5.10 Å². The highest BCUT2D eigenvalue weighted by Crippen LogP contribution is 2.43. The quantitative estimate of drug-likeness (QED) is 0.242. The van der Waals surface area contributed by atoms with Crippen LogP contribution in [0, 0.1) is 0 Å². The Balaban J connectivity index is 2.16. The van der Waals surface area contributed by atoms with Crippen molar-refractivity contribution in [3.05, 3.63) is 59.4 Å². The minimum atomic E-state index is -0.216. The average molecular weight is 644 g/mol. The van der Waals surface area contributed by atoms with Gasteiger partial charge in [-0.2, -0.15) is 9.78 Å². The van der Waals surface area contributed by atoms with Gasteiger partial charge in [-0.05, 0) is 75.9 Å². The fraction of sp³-hybridized carbons (Fsp3) is 0.375. The van der Waals surface area contributed by atoms with Crippen LogP contribution in [0.1, 0.15) is 57.8 Å².